The first-order valence-electron chi connectivity index (χ1n) is 7.16. The molecule has 20 heavy (non-hydrogen) atoms. The molecule has 1 amide bonds. The van der Waals surface area contributed by atoms with Crippen LogP contribution in [0.4, 0.5) is 0 Å². The van der Waals surface area contributed by atoms with Crippen molar-refractivity contribution in [2.24, 2.45) is 5.73 Å². The Bertz CT molecular complexity index is 429. The fourth-order valence-electron chi connectivity index (χ4n) is 2.22. The average Bonchev–Trinajstić information content (AvgIpc) is 2.83. The fraction of sp³-hybridized carbons (Fsp3) is 0.667. The second-order valence-corrected chi connectivity index (χ2v) is 5.32. The number of rotatable bonds is 7. The van der Waals surface area contributed by atoms with E-state index < -0.39 is 0 Å². The van der Waals surface area contributed by atoms with Gasteiger partial charge in [-0.3, -0.25) is 9.69 Å². The van der Waals surface area contributed by atoms with Crippen molar-refractivity contribution in [3.05, 3.63) is 23.7 Å². The van der Waals surface area contributed by atoms with Crippen molar-refractivity contribution in [1.82, 2.24) is 9.80 Å². The standard InChI is InChI=1S/C15H27N3O2/c1-6-12(16)15(13-9-8-11(3)20-13)18(7-2)10-14(19)17(4)5/h8-9,12,15H,6-7,10,16H2,1-5H3. The van der Waals surface area contributed by atoms with Crippen LogP contribution in [-0.2, 0) is 4.79 Å². The molecule has 2 N–H and O–H groups in total. The van der Waals surface area contributed by atoms with Gasteiger partial charge in [0.2, 0.25) is 5.91 Å². The summed E-state index contributed by atoms with van der Waals surface area (Å²) in [5.41, 5.74) is 6.26. The molecule has 2 unspecified atom stereocenters. The summed E-state index contributed by atoms with van der Waals surface area (Å²) in [6.45, 7) is 7.10. The molecule has 0 saturated heterocycles. The molecule has 5 heteroatoms. The molecule has 0 bridgehead atoms. The quantitative estimate of drug-likeness (QED) is 0.827. The van der Waals surface area contributed by atoms with Gasteiger partial charge in [0.1, 0.15) is 11.5 Å². The number of aryl methyl sites for hydroxylation is 1. The Balaban J connectivity index is 2.98. The Kier molecular flexibility index (Phi) is 6.23. The Morgan fingerprint density at radius 2 is 2.00 bits per heavy atom. The minimum absolute atomic E-state index is 0.0598. The smallest absolute Gasteiger partial charge is 0.236 e. The Morgan fingerprint density at radius 1 is 1.35 bits per heavy atom. The first-order chi connectivity index (χ1) is 9.40. The van der Waals surface area contributed by atoms with Gasteiger partial charge in [0.15, 0.2) is 0 Å². The van der Waals surface area contributed by atoms with Crippen LogP contribution >= 0.6 is 0 Å². The lowest BCUT2D eigenvalue weighted by atomic mass is 10.0. The number of furan rings is 1. The minimum Gasteiger partial charge on any atom is -0.465 e. The molecule has 1 rings (SSSR count). The predicted molar refractivity (Wildman–Crippen MR) is 80.4 cm³/mol. The SMILES string of the molecule is CCC(N)C(c1ccc(C)o1)N(CC)CC(=O)N(C)C. The Morgan fingerprint density at radius 3 is 2.40 bits per heavy atom. The van der Waals surface area contributed by atoms with E-state index in [0.29, 0.717) is 6.54 Å². The summed E-state index contributed by atoms with van der Waals surface area (Å²) in [6, 6.07) is 3.77. The summed E-state index contributed by atoms with van der Waals surface area (Å²) in [5.74, 6) is 1.77. The molecule has 0 radical (unpaired) electrons. The summed E-state index contributed by atoms with van der Waals surface area (Å²) in [5, 5.41) is 0. The molecule has 0 aliphatic carbocycles. The highest BCUT2D eigenvalue weighted by atomic mass is 16.3. The van der Waals surface area contributed by atoms with Crippen molar-refractivity contribution in [3.63, 3.8) is 0 Å². The maximum Gasteiger partial charge on any atom is 0.236 e. The number of nitrogens with two attached hydrogens (primary N) is 1. The third-order valence-electron chi connectivity index (χ3n) is 3.57. The van der Waals surface area contributed by atoms with E-state index in [9.17, 15) is 4.79 Å². The summed E-state index contributed by atoms with van der Waals surface area (Å²) >= 11 is 0. The van der Waals surface area contributed by atoms with Gasteiger partial charge < -0.3 is 15.1 Å². The molecular weight excluding hydrogens is 254 g/mol. The highest BCUT2D eigenvalue weighted by molar-refractivity contribution is 5.77. The molecule has 2 atom stereocenters. The van der Waals surface area contributed by atoms with Gasteiger partial charge in [-0.15, -0.1) is 0 Å². The summed E-state index contributed by atoms with van der Waals surface area (Å²) < 4.78 is 5.75. The third-order valence-corrected chi connectivity index (χ3v) is 3.57. The Labute approximate surface area is 121 Å². The van der Waals surface area contributed by atoms with Gasteiger partial charge >= 0.3 is 0 Å². The molecule has 0 aromatic carbocycles. The van der Waals surface area contributed by atoms with E-state index in [1.165, 1.54) is 0 Å². The maximum atomic E-state index is 12.0. The van der Waals surface area contributed by atoms with E-state index in [1.54, 1.807) is 19.0 Å². The second-order valence-electron chi connectivity index (χ2n) is 5.32. The monoisotopic (exact) mass is 281 g/mol. The highest BCUT2D eigenvalue weighted by Crippen LogP contribution is 2.26. The normalized spacial score (nSPS) is 14.3. The van der Waals surface area contributed by atoms with E-state index >= 15 is 0 Å². The lowest BCUT2D eigenvalue weighted by Gasteiger charge is -2.33. The number of amides is 1. The van der Waals surface area contributed by atoms with Crippen molar-refractivity contribution in [2.45, 2.75) is 39.3 Å². The van der Waals surface area contributed by atoms with Crippen LogP contribution in [0.1, 0.15) is 37.8 Å². The van der Waals surface area contributed by atoms with Gasteiger partial charge in [-0.05, 0) is 32.0 Å². The van der Waals surface area contributed by atoms with Gasteiger partial charge in [0, 0.05) is 20.1 Å². The zero-order valence-electron chi connectivity index (χ0n) is 13.2. The molecule has 1 aromatic heterocycles. The van der Waals surface area contributed by atoms with Crippen LogP contribution in [0.5, 0.6) is 0 Å². The molecule has 0 spiro atoms. The molecule has 0 aliphatic rings. The van der Waals surface area contributed by atoms with Crippen molar-refractivity contribution >= 4 is 5.91 Å². The first kappa shape index (κ1) is 16.7. The van der Waals surface area contributed by atoms with Crippen LogP contribution in [0.3, 0.4) is 0 Å². The number of carbonyl (C=O) groups excluding carboxylic acids is 1. The van der Waals surface area contributed by atoms with Gasteiger partial charge in [0.05, 0.1) is 12.6 Å². The highest BCUT2D eigenvalue weighted by Gasteiger charge is 2.29. The number of likely N-dealkylation sites (N-methyl/N-ethyl adjacent to an activating group) is 2. The maximum absolute atomic E-state index is 12.0. The molecule has 0 saturated carbocycles. The van der Waals surface area contributed by atoms with Crippen LogP contribution in [0.25, 0.3) is 0 Å². The van der Waals surface area contributed by atoms with Gasteiger partial charge in [0.25, 0.3) is 0 Å². The van der Waals surface area contributed by atoms with Crippen LogP contribution in [-0.4, -0.2) is 48.9 Å². The summed E-state index contributed by atoms with van der Waals surface area (Å²) in [7, 11) is 3.53. The molecular formula is C15H27N3O2. The molecule has 5 nitrogen and oxygen atoms in total. The molecule has 0 aliphatic heterocycles. The fourth-order valence-corrected chi connectivity index (χ4v) is 2.22. The first-order valence-corrected chi connectivity index (χ1v) is 7.16. The van der Waals surface area contributed by atoms with Crippen LogP contribution in [0, 0.1) is 6.92 Å². The summed E-state index contributed by atoms with van der Waals surface area (Å²) in [6.07, 6.45) is 0.830. The second kappa shape index (κ2) is 7.45. The zero-order chi connectivity index (χ0) is 15.3. The summed E-state index contributed by atoms with van der Waals surface area (Å²) in [4.78, 5) is 15.7. The zero-order valence-corrected chi connectivity index (χ0v) is 13.2. The van der Waals surface area contributed by atoms with Crippen molar-refractivity contribution in [1.29, 1.82) is 0 Å². The lowest BCUT2D eigenvalue weighted by Crippen LogP contribution is -2.45. The van der Waals surface area contributed by atoms with E-state index in [-0.39, 0.29) is 18.0 Å². The van der Waals surface area contributed by atoms with Crippen molar-refractivity contribution in [3.8, 4) is 0 Å². The van der Waals surface area contributed by atoms with Crippen molar-refractivity contribution in [2.75, 3.05) is 27.2 Å². The van der Waals surface area contributed by atoms with Crippen LogP contribution in [0.15, 0.2) is 16.5 Å². The van der Waals surface area contributed by atoms with Crippen LogP contribution < -0.4 is 5.73 Å². The molecule has 1 heterocycles. The van der Waals surface area contributed by atoms with Gasteiger partial charge in [-0.2, -0.15) is 0 Å². The topological polar surface area (TPSA) is 62.7 Å². The van der Waals surface area contributed by atoms with Gasteiger partial charge in [-0.25, -0.2) is 0 Å². The van der Waals surface area contributed by atoms with E-state index in [4.69, 9.17) is 10.2 Å². The number of hydrogen-bond acceptors (Lipinski definition) is 4. The molecule has 0 fully saturated rings. The predicted octanol–water partition coefficient (Wildman–Crippen LogP) is 1.78. The molecule has 114 valence electrons. The molecule has 1 aromatic rings. The van der Waals surface area contributed by atoms with Gasteiger partial charge in [-0.1, -0.05) is 13.8 Å². The van der Waals surface area contributed by atoms with E-state index in [2.05, 4.69) is 11.8 Å². The number of nitrogens with zero attached hydrogens (tertiary/aromatic N) is 2. The van der Waals surface area contributed by atoms with Crippen LogP contribution in [0.2, 0.25) is 0 Å². The van der Waals surface area contributed by atoms with E-state index in [0.717, 1.165) is 24.5 Å². The van der Waals surface area contributed by atoms with E-state index in [1.807, 2.05) is 26.0 Å². The number of carbonyl (C=O) groups is 1. The lowest BCUT2D eigenvalue weighted by molar-refractivity contribution is -0.130. The largest absolute Gasteiger partial charge is 0.465 e. The van der Waals surface area contributed by atoms with Crippen molar-refractivity contribution < 1.29 is 9.21 Å². The average molecular weight is 281 g/mol. The Hall–Kier alpha value is -1.33. The minimum atomic E-state index is -0.0670. The number of hydrogen-bond donors (Lipinski definition) is 1. The third kappa shape index (κ3) is 4.08.